The lowest BCUT2D eigenvalue weighted by Gasteiger charge is -2.30. The molecule has 3 rings (SSSR count). The third kappa shape index (κ3) is 2.66. The molecular weight excluding hydrogens is 280 g/mol. The van der Waals surface area contributed by atoms with Crippen molar-refractivity contribution < 1.29 is 14.4 Å². The van der Waals surface area contributed by atoms with Gasteiger partial charge in [-0.1, -0.05) is 44.9 Å². The molecule has 0 aromatic rings. The van der Waals surface area contributed by atoms with Gasteiger partial charge in [0.05, 0.1) is 6.04 Å². The first-order valence-corrected chi connectivity index (χ1v) is 8.70. The van der Waals surface area contributed by atoms with Crippen LogP contribution in [0.5, 0.6) is 0 Å². The van der Waals surface area contributed by atoms with E-state index in [2.05, 4.69) is 5.32 Å². The molecule has 1 saturated heterocycles. The van der Waals surface area contributed by atoms with Crippen molar-refractivity contribution >= 4 is 17.7 Å². The molecule has 122 valence electrons. The molecule has 0 aromatic heterocycles. The van der Waals surface area contributed by atoms with Gasteiger partial charge in [-0.15, -0.1) is 0 Å². The van der Waals surface area contributed by atoms with Crippen LogP contribution >= 0.6 is 0 Å². The second-order valence-corrected chi connectivity index (χ2v) is 7.26. The van der Waals surface area contributed by atoms with E-state index in [1.54, 1.807) is 0 Å². The third-order valence-electron chi connectivity index (χ3n) is 5.71. The number of urea groups is 1. The summed E-state index contributed by atoms with van der Waals surface area (Å²) in [6.07, 6.45) is 9.86. The number of imide groups is 1. The molecule has 1 N–H and O–H groups in total. The average molecular weight is 306 g/mol. The zero-order valence-corrected chi connectivity index (χ0v) is 13.4. The highest BCUT2D eigenvalue weighted by Gasteiger charge is 2.55. The van der Waals surface area contributed by atoms with E-state index in [0.717, 1.165) is 25.7 Å². The lowest BCUT2D eigenvalue weighted by atomic mass is 9.83. The minimum atomic E-state index is -0.711. The number of hydrogen-bond acceptors (Lipinski definition) is 3. The molecule has 3 fully saturated rings. The minimum absolute atomic E-state index is 0.0656. The maximum atomic E-state index is 12.8. The van der Waals surface area contributed by atoms with Crippen LogP contribution in [-0.2, 0) is 9.59 Å². The van der Waals surface area contributed by atoms with Crippen molar-refractivity contribution in [2.45, 2.75) is 82.7 Å². The Morgan fingerprint density at radius 1 is 1.18 bits per heavy atom. The summed E-state index contributed by atoms with van der Waals surface area (Å²) in [5, 5.41) is 2.89. The molecule has 3 amide bonds. The second-order valence-electron chi connectivity index (χ2n) is 7.26. The normalized spacial score (nSPS) is 26.5. The van der Waals surface area contributed by atoms with Crippen molar-refractivity contribution in [2.24, 2.45) is 5.92 Å². The first-order valence-electron chi connectivity index (χ1n) is 8.70. The fourth-order valence-corrected chi connectivity index (χ4v) is 4.43. The van der Waals surface area contributed by atoms with Crippen LogP contribution in [0.15, 0.2) is 0 Å². The fourth-order valence-electron chi connectivity index (χ4n) is 4.43. The summed E-state index contributed by atoms with van der Waals surface area (Å²) >= 11 is 0. The van der Waals surface area contributed by atoms with Gasteiger partial charge < -0.3 is 5.32 Å². The van der Waals surface area contributed by atoms with Crippen molar-refractivity contribution in [1.29, 1.82) is 0 Å². The van der Waals surface area contributed by atoms with Crippen LogP contribution < -0.4 is 5.32 Å². The molecule has 5 nitrogen and oxygen atoms in total. The molecule has 0 unspecified atom stereocenters. The largest absolute Gasteiger partial charge is 0.325 e. The zero-order chi connectivity index (χ0) is 15.7. The van der Waals surface area contributed by atoms with E-state index in [0.29, 0.717) is 25.2 Å². The predicted octanol–water partition coefficient (Wildman–Crippen LogP) is 2.78. The number of Topliss-reactive ketones (excluding diaryl/α,β-unsaturated/α-hetero) is 1. The Kier molecular flexibility index (Phi) is 4.24. The maximum absolute atomic E-state index is 12.8. The molecule has 2 saturated carbocycles. The highest BCUT2D eigenvalue weighted by molar-refractivity contribution is 6.10. The van der Waals surface area contributed by atoms with E-state index in [-0.39, 0.29) is 17.7 Å². The summed E-state index contributed by atoms with van der Waals surface area (Å²) < 4.78 is 0. The van der Waals surface area contributed by atoms with Gasteiger partial charge in [-0.25, -0.2) is 4.79 Å². The monoisotopic (exact) mass is 306 g/mol. The van der Waals surface area contributed by atoms with Gasteiger partial charge in [0.1, 0.15) is 5.54 Å². The van der Waals surface area contributed by atoms with Crippen molar-refractivity contribution in [2.75, 3.05) is 0 Å². The van der Waals surface area contributed by atoms with E-state index in [1.807, 2.05) is 0 Å². The van der Waals surface area contributed by atoms with Gasteiger partial charge in [-0.3, -0.25) is 14.5 Å². The fraction of sp³-hybridized carbons (Fsp3) is 0.824. The maximum Gasteiger partial charge on any atom is 0.325 e. The van der Waals surface area contributed by atoms with Crippen LogP contribution in [0.2, 0.25) is 0 Å². The topological polar surface area (TPSA) is 66.5 Å². The Hall–Kier alpha value is -1.39. The highest BCUT2D eigenvalue weighted by atomic mass is 16.2. The van der Waals surface area contributed by atoms with E-state index >= 15 is 0 Å². The Labute approximate surface area is 131 Å². The van der Waals surface area contributed by atoms with Crippen molar-refractivity contribution in [3.8, 4) is 0 Å². The van der Waals surface area contributed by atoms with Gasteiger partial charge in [0.25, 0.3) is 5.91 Å². The number of ketones is 1. The molecule has 1 heterocycles. The van der Waals surface area contributed by atoms with Gasteiger partial charge in [-0.2, -0.15) is 0 Å². The smallest absolute Gasteiger partial charge is 0.323 e. The van der Waals surface area contributed by atoms with Crippen LogP contribution in [0, 0.1) is 5.92 Å². The van der Waals surface area contributed by atoms with Crippen LogP contribution in [0.4, 0.5) is 4.79 Å². The Balaban J connectivity index is 1.77. The predicted molar refractivity (Wildman–Crippen MR) is 82.2 cm³/mol. The number of hydrogen-bond donors (Lipinski definition) is 1. The SMILES string of the molecule is CC(=O)[C@H](CC1CCCCC1)N1C(=O)NC2(CCCC2)C1=O. The van der Waals surface area contributed by atoms with E-state index in [1.165, 1.54) is 31.1 Å². The van der Waals surface area contributed by atoms with Gasteiger partial charge in [0.15, 0.2) is 5.78 Å². The van der Waals surface area contributed by atoms with E-state index < -0.39 is 11.6 Å². The van der Waals surface area contributed by atoms with Gasteiger partial charge in [0.2, 0.25) is 0 Å². The third-order valence-corrected chi connectivity index (χ3v) is 5.71. The van der Waals surface area contributed by atoms with Crippen molar-refractivity contribution in [1.82, 2.24) is 10.2 Å². The molecule has 2 aliphatic carbocycles. The lowest BCUT2D eigenvalue weighted by molar-refractivity contribution is -0.137. The molecule has 1 aliphatic heterocycles. The van der Waals surface area contributed by atoms with Crippen molar-refractivity contribution in [3.05, 3.63) is 0 Å². The average Bonchev–Trinajstić information content (AvgIpc) is 3.05. The number of nitrogens with zero attached hydrogens (tertiary/aromatic N) is 1. The number of carbonyl (C=O) groups is 3. The van der Waals surface area contributed by atoms with Crippen LogP contribution in [0.1, 0.15) is 71.1 Å². The summed E-state index contributed by atoms with van der Waals surface area (Å²) in [5.41, 5.74) is -0.711. The molecule has 0 aromatic carbocycles. The summed E-state index contributed by atoms with van der Waals surface area (Å²) in [7, 11) is 0. The number of carbonyl (C=O) groups excluding carboxylic acids is 3. The molecule has 1 atom stereocenters. The lowest BCUT2D eigenvalue weighted by Crippen LogP contribution is -2.48. The van der Waals surface area contributed by atoms with Crippen LogP contribution in [0.25, 0.3) is 0 Å². The first kappa shape index (κ1) is 15.5. The van der Waals surface area contributed by atoms with Crippen LogP contribution in [0.3, 0.4) is 0 Å². The number of nitrogens with one attached hydrogen (secondary N) is 1. The van der Waals surface area contributed by atoms with Crippen molar-refractivity contribution in [3.63, 3.8) is 0 Å². The molecular formula is C17H26N2O3. The number of amides is 3. The summed E-state index contributed by atoms with van der Waals surface area (Å²) in [4.78, 5) is 38.6. The minimum Gasteiger partial charge on any atom is -0.323 e. The second kappa shape index (κ2) is 6.01. The molecule has 0 radical (unpaired) electrons. The first-order chi connectivity index (χ1) is 10.5. The Morgan fingerprint density at radius 3 is 2.41 bits per heavy atom. The standard InChI is InChI=1S/C17H26N2O3/c1-12(20)14(11-13-7-3-2-4-8-13)19-15(21)17(18-16(19)22)9-5-6-10-17/h13-14H,2-11H2,1H3,(H,18,22)/t14-/m0/s1. The van der Waals surface area contributed by atoms with Gasteiger partial charge >= 0.3 is 6.03 Å². The summed E-state index contributed by atoms with van der Waals surface area (Å²) in [5.74, 6) is 0.235. The van der Waals surface area contributed by atoms with E-state index in [9.17, 15) is 14.4 Å². The molecule has 22 heavy (non-hydrogen) atoms. The molecule has 0 bridgehead atoms. The number of rotatable bonds is 4. The highest BCUT2D eigenvalue weighted by Crippen LogP contribution is 2.37. The summed E-state index contributed by atoms with van der Waals surface area (Å²) in [6, 6.07) is -0.932. The summed E-state index contributed by atoms with van der Waals surface area (Å²) in [6.45, 7) is 1.51. The molecule has 1 spiro atoms. The molecule has 5 heteroatoms. The Bertz CT molecular complexity index is 476. The van der Waals surface area contributed by atoms with Gasteiger partial charge in [0, 0.05) is 0 Å². The van der Waals surface area contributed by atoms with Crippen LogP contribution in [-0.4, -0.2) is 34.2 Å². The quantitative estimate of drug-likeness (QED) is 0.812. The van der Waals surface area contributed by atoms with E-state index in [4.69, 9.17) is 0 Å². The Morgan fingerprint density at radius 2 is 1.82 bits per heavy atom. The molecule has 3 aliphatic rings. The zero-order valence-electron chi connectivity index (χ0n) is 13.4. The van der Waals surface area contributed by atoms with Gasteiger partial charge in [-0.05, 0) is 32.1 Å².